The van der Waals surface area contributed by atoms with Gasteiger partial charge in [0.15, 0.2) is 0 Å². The Kier molecular flexibility index (Phi) is 5.08. The molecule has 0 aromatic heterocycles. The summed E-state index contributed by atoms with van der Waals surface area (Å²) < 4.78 is 0. The van der Waals surface area contributed by atoms with E-state index in [-0.39, 0.29) is 0 Å². The van der Waals surface area contributed by atoms with E-state index in [9.17, 15) is 0 Å². The maximum Gasteiger partial charge on any atom is 0.00387 e. The lowest BCUT2D eigenvalue weighted by atomic mass is 9.91. The van der Waals surface area contributed by atoms with Crippen molar-refractivity contribution >= 4 is 0 Å². The van der Waals surface area contributed by atoms with Crippen LogP contribution in [-0.2, 0) is 0 Å². The van der Waals surface area contributed by atoms with E-state index in [4.69, 9.17) is 0 Å². The van der Waals surface area contributed by atoms with Crippen molar-refractivity contribution in [2.24, 2.45) is 11.3 Å². The highest BCUT2D eigenvalue weighted by Gasteiger charge is 2.53. The Morgan fingerprint density at radius 2 is 1.94 bits per heavy atom. The third-order valence-corrected chi connectivity index (χ3v) is 5.19. The summed E-state index contributed by atoms with van der Waals surface area (Å²) in [5, 5.41) is 3.51. The normalized spacial score (nSPS) is 26.2. The quantitative estimate of drug-likeness (QED) is 0.700. The molecule has 2 rings (SSSR count). The molecule has 2 fully saturated rings. The van der Waals surface area contributed by atoms with Gasteiger partial charge >= 0.3 is 0 Å². The maximum atomic E-state index is 3.51. The highest BCUT2D eigenvalue weighted by atomic mass is 15.2. The minimum absolute atomic E-state index is 0.723. The van der Waals surface area contributed by atoms with Crippen LogP contribution in [0.15, 0.2) is 0 Å². The first-order valence-electron chi connectivity index (χ1n) is 8.13. The number of nitrogens with one attached hydrogen (secondary N) is 1. The average Bonchev–Trinajstić information content (AvgIpc) is 3.01. The van der Waals surface area contributed by atoms with Crippen molar-refractivity contribution in [2.45, 2.75) is 65.3 Å². The summed E-state index contributed by atoms with van der Waals surface area (Å²) >= 11 is 0. The van der Waals surface area contributed by atoms with Gasteiger partial charge in [0.25, 0.3) is 0 Å². The van der Waals surface area contributed by atoms with Crippen molar-refractivity contribution in [3.63, 3.8) is 0 Å². The Hall–Kier alpha value is -0.0800. The molecule has 1 saturated heterocycles. The van der Waals surface area contributed by atoms with Crippen LogP contribution in [0.4, 0.5) is 0 Å². The largest absolute Gasteiger partial charge is 0.317 e. The van der Waals surface area contributed by atoms with Crippen LogP contribution in [0.25, 0.3) is 0 Å². The van der Waals surface area contributed by atoms with Crippen molar-refractivity contribution < 1.29 is 0 Å². The summed E-state index contributed by atoms with van der Waals surface area (Å²) in [5.41, 5.74) is 0.753. The van der Waals surface area contributed by atoms with E-state index < -0.39 is 0 Å². The molecule has 0 aromatic carbocycles. The fourth-order valence-corrected chi connectivity index (χ4v) is 3.64. The minimum Gasteiger partial charge on any atom is -0.317 e. The van der Waals surface area contributed by atoms with Gasteiger partial charge < -0.3 is 10.2 Å². The van der Waals surface area contributed by atoms with Crippen LogP contribution in [0.1, 0.15) is 59.3 Å². The highest BCUT2D eigenvalue weighted by Crippen LogP contribution is 2.58. The van der Waals surface area contributed by atoms with E-state index in [0.717, 1.165) is 17.4 Å². The molecule has 1 spiro atoms. The van der Waals surface area contributed by atoms with Crippen molar-refractivity contribution in [1.82, 2.24) is 10.2 Å². The maximum absolute atomic E-state index is 3.51. The van der Waals surface area contributed by atoms with Gasteiger partial charge in [-0.15, -0.1) is 0 Å². The van der Waals surface area contributed by atoms with Gasteiger partial charge in [-0.3, -0.25) is 0 Å². The summed E-state index contributed by atoms with van der Waals surface area (Å²) in [6.45, 7) is 12.2. The Balaban J connectivity index is 1.75. The molecule has 1 heterocycles. The van der Waals surface area contributed by atoms with Crippen LogP contribution < -0.4 is 5.32 Å². The zero-order valence-electron chi connectivity index (χ0n) is 12.7. The fraction of sp³-hybridized carbons (Fsp3) is 1.00. The van der Waals surface area contributed by atoms with E-state index in [1.807, 2.05) is 0 Å². The van der Waals surface area contributed by atoms with Gasteiger partial charge in [-0.2, -0.15) is 0 Å². The molecule has 106 valence electrons. The summed E-state index contributed by atoms with van der Waals surface area (Å²) in [7, 11) is 0. The second kappa shape index (κ2) is 6.38. The topological polar surface area (TPSA) is 15.3 Å². The van der Waals surface area contributed by atoms with Crippen LogP contribution in [0.3, 0.4) is 0 Å². The Labute approximate surface area is 114 Å². The van der Waals surface area contributed by atoms with Crippen LogP contribution in [0, 0.1) is 11.3 Å². The predicted molar refractivity (Wildman–Crippen MR) is 78.9 cm³/mol. The van der Waals surface area contributed by atoms with Crippen molar-refractivity contribution in [2.75, 3.05) is 26.2 Å². The van der Waals surface area contributed by atoms with E-state index in [1.165, 1.54) is 64.7 Å². The standard InChI is InChI=1S/C16H32N2/c1-4-5-6-11-18(14(2)3)13-15-12-16(15)7-9-17-10-8-16/h14-15,17H,4-13H2,1-3H3. The van der Waals surface area contributed by atoms with E-state index in [0.29, 0.717) is 0 Å². The van der Waals surface area contributed by atoms with Crippen LogP contribution >= 0.6 is 0 Å². The van der Waals surface area contributed by atoms with E-state index >= 15 is 0 Å². The lowest BCUT2D eigenvalue weighted by Crippen LogP contribution is -2.36. The summed E-state index contributed by atoms with van der Waals surface area (Å²) in [4.78, 5) is 2.73. The van der Waals surface area contributed by atoms with Gasteiger partial charge in [-0.25, -0.2) is 0 Å². The molecule has 18 heavy (non-hydrogen) atoms. The van der Waals surface area contributed by atoms with Gasteiger partial charge in [0, 0.05) is 12.6 Å². The smallest absolute Gasteiger partial charge is 0.00387 e. The summed E-state index contributed by atoms with van der Waals surface area (Å²) in [6, 6.07) is 0.723. The number of rotatable bonds is 7. The van der Waals surface area contributed by atoms with E-state index in [2.05, 4.69) is 31.0 Å². The molecule has 2 aliphatic rings. The molecule has 1 saturated carbocycles. The second-order valence-electron chi connectivity index (χ2n) is 6.81. The molecule has 1 atom stereocenters. The van der Waals surface area contributed by atoms with Gasteiger partial charge in [0.2, 0.25) is 0 Å². The number of nitrogens with zero attached hydrogens (tertiary/aromatic N) is 1. The number of hydrogen-bond acceptors (Lipinski definition) is 2. The Morgan fingerprint density at radius 1 is 1.22 bits per heavy atom. The molecule has 1 aliphatic heterocycles. The summed E-state index contributed by atoms with van der Waals surface area (Å²) in [6.07, 6.45) is 8.48. The van der Waals surface area contributed by atoms with Crippen LogP contribution in [0.5, 0.6) is 0 Å². The fourth-order valence-electron chi connectivity index (χ4n) is 3.64. The van der Waals surface area contributed by atoms with Crippen molar-refractivity contribution in [3.05, 3.63) is 0 Å². The molecule has 1 aliphatic carbocycles. The van der Waals surface area contributed by atoms with Crippen LogP contribution in [0.2, 0.25) is 0 Å². The molecule has 0 amide bonds. The zero-order valence-corrected chi connectivity index (χ0v) is 12.7. The SMILES string of the molecule is CCCCCN(CC1CC12CCNCC2)C(C)C. The monoisotopic (exact) mass is 252 g/mol. The zero-order chi connectivity index (χ0) is 13.0. The molecule has 0 aromatic rings. The number of hydrogen-bond donors (Lipinski definition) is 1. The lowest BCUT2D eigenvalue weighted by molar-refractivity contribution is 0.188. The number of unbranched alkanes of at least 4 members (excludes halogenated alkanes) is 2. The molecule has 1 N–H and O–H groups in total. The molecular formula is C16H32N2. The summed E-state index contributed by atoms with van der Waals surface area (Å²) in [5.74, 6) is 1.00. The second-order valence-corrected chi connectivity index (χ2v) is 6.81. The van der Waals surface area contributed by atoms with Gasteiger partial charge in [0.05, 0.1) is 0 Å². The first kappa shape index (κ1) is 14.3. The van der Waals surface area contributed by atoms with Crippen molar-refractivity contribution in [1.29, 1.82) is 0 Å². The van der Waals surface area contributed by atoms with Gasteiger partial charge in [-0.05, 0) is 70.5 Å². The first-order valence-corrected chi connectivity index (χ1v) is 8.13. The van der Waals surface area contributed by atoms with Crippen LogP contribution in [-0.4, -0.2) is 37.1 Å². The van der Waals surface area contributed by atoms with Gasteiger partial charge in [0.1, 0.15) is 0 Å². The molecule has 0 bridgehead atoms. The molecule has 2 heteroatoms. The predicted octanol–water partition coefficient (Wildman–Crippen LogP) is 3.28. The first-order chi connectivity index (χ1) is 8.68. The van der Waals surface area contributed by atoms with Crippen molar-refractivity contribution in [3.8, 4) is 0 Å². The Bertz CT molecular complexity index is 243. The van der Waals surface area contributed by atoms with E-state index in [1.54, 1.807) is 0 Å². The third kappa shape index (κ3) is 3.48. The van der Waals surface area contributed by atoms with Gasteiger partial charge in [-0.1, -0.05) is 19.8 Å². The molecular weight excluding hydrogens is 220 g/mol. The lowest BCUT2D eigenvalue weighted by Gasteiger charge is -2.29. The number of piperidine rings is 1. The highest BCUT2D eigenvalue weighted by molar-refractivity contribution is 5.05. The molecule has 2 nitrogen and oxygen atoms in total. The average molecular weight is 252 g/mol. The molecule has 0 radical (unpaired) electrons. The minimum atomic E-state index is 0.723. The third-order valence-electron chi connectivity index (χ3n) is 5.19. The Morgan fingerprint density at radius 3 is 2.56 bits per heavy atom. The molecule has 1 unspecified atom stereocenters.